The predicted molar refractivity (Wildman–Crippen MR) is 72.2 cm³/mol. The highest BCUT2D eigenvalue weighted by Gasteiger charge is 2.31. The van der Waals surface area contributed by atoms with E-state index in [1.54, 1.807) is 13.8 Å². The van der Waals surface area contributed by atoms with Crippen LogP contribution >= 0.6 is 0 Å². The summed E-state index contributed by atoms with van der Waals surface area (Å²) in [6, 6.07) is 3.13. The molecule has 0 aromatic heterocycles. The Morgan fingerprint density at radius 1 is 1.29 bits per heavy atom. The smallest absolute Gasteiger partial charge is 0.416 e. The van der Waals surface area contributed by atoms with E-state index in [1.807, 2.05) is 6.92 Å². The molecule has 21 heavy (non-hydrogen) atoms. The average molecular weight is 304 g/mol. The quantitative estimate of drug-likeness (QED) is 0.746. The molecular weight excluding hydrogens is 285 g/mol. The van der Waals surface area contributed by atoms with Gasteiger partial charge >= 0.3 is 12.1 Å². The van der Waals surface area contributed by atoms with Gasteiger partial charge in [0.2, 0.25) is 0 Å². The van der Waals surface area contributed by atoms with E-state index in [4.69, 9.17) is 9.47 Å². The third kappa shape index (κ3) is 5.65. The zero-order valence-electron chi connectivity index (χ0n) is 12.3. The van der Waals surface area contributed by atoms with E-state index in [0.717, 1.165) is 18.6 Å². The molecule has 1 rings (SSSR count). The predicted octanol–water partition coefficient (Wildman–Crippen LogP) is 3.99. The average Bonchev–Trinajstić information content (AvgIpc) is 2.35. The fraction of sp³-hybridized carbons (Fsp3) is 0.533. The van der Waals surface area contributed by atoms with Gasteiger partial charge in [0, 0.05) is 5.56 Å². The molecule has 6 heteroatoms. The van der Waals surface area contributed by atoms with Crippen molar-refractivity contribution in [3.05, 3.63) is 29.3 Å². The van der Waals surface area contributed by atoms with Crippen molar-refractivity contribution < 1.29 is 27.4 Å². The van der Waals surface area contributed by atoms with Crippen molar-refractivity contribution in [3.8, 4) is 5.75 Å². The largest absolute Gasteiger partial charge is 0.493 e. The third-order valence-corrected chi connectivity index (χ3v) is 2.55. The van der Waals surface area contributed by atoms with Crippen LogP contribution in [0.3, 0.4) is 0 Å². The van der Waals surface area contributed by atoms with E-state index in [-0.39, 0.29) is 23.8 Å². The molecule has 0 bridgehead atoms. The van der Waals surface area contributed by atoms with Gasteiger partial charge in [0.25, 0.3) is 0 Å². The lowest BCUT2D eigenvalue weighted by Gasteiger charge is -2.15. The topological polar surface area (TPSA) is 35.5 Å². The summed E-state index contributed by atoms with van der Waals surface area (Å²) in [4.78, 5) is 11.7. The lowest BCUT2D eigenvalue weighted by atomic mass is 10.1. The van der Waals surface area contributed by atoms with Crippen molar-refractivity contribution >= 4 is 5.97 Å². The highest BCUT2D eigenvalue weighted by atomic mass is 19.4. The first-order chi connectivity index (χ1) is 9.74. The van der Waals surface area contributed by atoms with Crippen molar-refractivity contribution in [1.29, 1.82) is 0 Å². The summed E-state index contributed by atoms with van der Waals surface area (Å²) in [5, 5.41) is 0. The second kappa shape index (κ2) is 7.33. The number of halogens is 3. The third-order valence-electron chi connectivity index (χ3n) is 2.55. The minimum absolute atomic E-state index is 0.184. The monoisotopic (exact) mass is 304 g/mol. The van der Waals surface area contributed by atoms with Crippen LogP contribution < -0.4 is 4.74 Å². The number of hydrogen-bond acceptors (Lipinski definition) is 3. The molecule has 0 atom stereocenters. The zero-order chi connectivity index (χ0) is 16.0. The minimum Gasteiger partial charge on any atom is -0.493 e. The molecule has 1 aromatic rings. The Labute approximate surface area is 122 Å². The van der Waals surface area contributed by atoms with Gasteiger partial charge < -0.3 is 9.47 Å². The second-order valence-corrected chi connectivity index (χ2v) is 4.88. The first-order valence-electron chi connectivity index (χ1n) is 6.76. The molecule has 0 fully saturated rings. The van der Waals surface area contributed by atoms with Crippen LogP contribution in [-0.2, 0) is 22.1 Å². The van der Waals surface area contributed by atoms with Gasteiger partial charge in [0.15, 0.2) is 0 Å². The van der Waals surface area contributed by atoms with Crippen LogP contribution in [0, 0.1) is 0 Å². The Balaban J connectivity index is 3.01. The summed E-state index contributed by atoms with van der Waals surface area (Å²) in [5.41, 5.74) is -0.623. The maximum Gasteiger partial charge on any atom is 0.416 e. The van der Waals surface area contributed by atoms with Crippen molar-refractivity contribution in [1.82, 2.24) is 0 Å². The molecule has 0 radical (unpaired) electrons. The SMILES string of the molecule is CCCOc1ccc(C(F)(F)F)cc1CC(=O)OC(C)C. The van der Waals surface area contributed by atoms with E-state index >= 15 is 0 Å². The van der Waals surface area contributed by atoms with Crippen molar-refractivity contribution in [2.24, 2.45) is 0 Å². The van der Waals surface area contributed by atoms with Gasteiger partial charge in [-0.15, -0.1) is 0 Å². The fourth-order valence-corrected chi connectivity index (χ4v) is 1.71. The van der Waals surface area contributed by atoms with Crippen molar-refractivity contribution in [3.63, 3.8) is 0 Å². The Hall–Kier alpha value is -1.72. The van der Waals surface area contributed by atoms with Gasteiger partial charge in [-0.2, -0.15) is 13.2 Å². The Kier molecular flexibility index (Phi) is 6.05. The van der Waals surface area contributed by atoms with E-state index in [1.165, 1.54) is 6.07 Å². The zero-order valence-corrected chi connectivity index (χ0v) is 12.3. The first-order valence-corrected chi connectivity index (χ1v) is 6.76. The van der Waals surface area contributed by atoms with Gasteiger partial charge in [-0.1, -0.05) is 6.92 Å². The normalized spacial score (nSPS) is 11.6. The molecule has 1 aromatic carbocycles. The molecular formula is C15H19F3O3. The van der Waals surface area contributed by atoms with Gasteiger partial charge in [-0.05, 0) is 38.5 Å². The number of ether oxygens (including phenoxy) is 2. The summed E-state index contributed by atoms with van der Waals surface area (Å²) in [5.74, 6) is -0.295. The van der Waals surface area contributed by atoms with Crippen molar-refractivity contribution in [2.75, 3.05) is 6.61 Å². The number of carbonyl (C=O) groups excluding carboxylic acids is 1. The highest BCUT2D eigenvalue weighted by molar-refractivity contribution is 5.73. The summed E-state index contributed by atoms with van der Waals surface area (Å²) >= 11 is 0. The highest BCUT2D eigenvalue weighted by Crippen LogP contribution is 2.33. The minimum atomic E-state index is -4.46. The number of carbonyl (C=O) groups is 1. The number of hydrogen-bond donors (Lipinski definition) is 0. The molecule has 0 unspecified atom stereocenters. The molecule has 0 saturated heterocycles. The molecule has 118 valence electrons. The van der Waals surface area contributed by atoms with Crippen LogP contribution in [0.25, 0.3) is 0 Å². The molecule has 0 N–H and O–H groups in total. The Morgan fingerprint density at radius 2 is 1.95 bits per heavy atom. The number of esters is 1. The van der Waals surface area contributed by atoms with Crippen molar-refractivity contribution in [2.45, 2.75) is 45.9 Å². The molecule has 0 aliphatic carbocycles. The van der Waals surface area contributed by atoms with Gasteiger partial charge in [-0.25, -0.2) is 0 Å². The first kappa shape index (κ1) is 17.3. The van der Waals surface area contributed by atoms with Crippen LogP contribution in [0.15, 0.2) is 18.2 Å². The molecule has 3 nitrogen and oxygen atoms in total. The maximum atomic E-state index is 12.7. The van der Waals surface area contributed by atoms with E-state index in [9.17, 15) is 18.0 Å². The molecule has 0 heterocycles. The summed E-state index contributed by atoms with van der Waals surface area (Å²) in [6.45, 7) is 5.62. The second-order valence-electron chi connectivity index (χ2n) is 4.88. The maximum absolute atomic E-state index is 12.7. The van der Waals surface area contributed by atoms with E-state index in [0.29, 0.717) is 6.61 Å². The van der Waals surface area contributed by atoms with Gasteiger partial charge in [-0.3, -0.25) is 4.79 Å². The van der Waals surface area contributed by atoms with Crippen LogP contribution in [0.1, 0.15) is 38.3 Å². The van der Waals surface area contributed by atoms with Crippen LogP contribution in [0.5, 0.6) is 5.75 Å². The number of alkyl halides is 3. The van der Waals surface area contributed by atoms with Gasteiger partial charge in [0.1, 0.15) is 5.75 Å². The van der Waals surface area contributed by atoms with Crippen LogP contribution in [0.4, 0.5) is 13.2 Å². The standard InChI is InChI=1S/C15H19F3O3/c1-4-7-20-13-6-5-12(15(16,17)18)8-11(13)9-14(19)21-10(2)3/h5-6,8,10H,4,7,9H2,1-3H3. The van der Waals surface area contributed by atoms with Gasteiger partial charge in [0.05, 0.1) is 24.7 Å². The Morgan fingerprint density at radius 3 is 2.48 bits per heavy atom. The number of rotatable bonds is 6. The lowest BCUT2D eigenvalue weighted by molar-refractivity contribution is -0.146. The van der Waals surface area contributed by atoms with E-state index in [2.05, 4.69) is 0 Å². The molecule has 0 saturated carbocycles. The summed E-state index contributed by atoms with van der Waals surface area (Å²) in [6.07, 6.45) is -4.30. The lowest BCUT2D eigenvalue weighted by Crippen LogP contribution is -2.15. The molecule has 0 spiro atoms. The summed E-state index contributed by atoms with van der Waals surface area (Å²) in [7, 11) is 0. The molecule has 0 aliphatic heterocycles. The van der Waals surface area contributed by atoms with Crippen LogP contribution in [-0.4, -0.2) is 18.7 Å². The van der Waals surface area contributed by atoms with Crippen LogP contribution in [0.2, 0.25) is 0 Å². The molecule has 0 aliphatic rings. The molecule has 0 amide bonds. The fourth-order valence-electron chi connectivity index (χ4n) is 1.71. The Bertz CT molecular complexity index is 482. The van der Waals surface area contributed by atoms with E-state index < -0.39 is 17.7 Å². The summed E-state index contributed by atoms with van der Waals surface area (Å²) < 4.78 is 48.6. The number of benzene rings is 1.